The Balaban J connectivity index is 2.31. The second kappa shape index (κ2) is 5.72. The van der Waals surface area contributed by atoms with Gasteiger partial charge in [-0.3, -0.25) is 0 Å². The van der Waals surface area contributed by atoms with Crippen molar-refractivity contribution in [1.29, 1.82) is 5.26 Å². The summed E-state index contributed by atoms with van der Waals surface area (Å²) < 4.78 is 19.4. The molecule has 4 nitrogen and oxygen atoms in total. The summed E-state index contributed by atoms with van der Waals surface area (Å²) in [6.45, 7) is 0. The predicted molar refractivity (Wildman–Crippen MR) is 72.3 cm³/mol. The smallest absolute Gasteiger partial charge is 0.335 e. The van der Waals surface area contributed by atoms with Crippen LogP contribution in [0.5, 0.6) is 11.5 Å². The van der Waals surface area contributed by atoms with Gasteiger partial charge in [-0.15, -0.1) is 0 Å². The van der Waals surface area contributed by atoms with Crippen LogP contribution in [-0.2, 0) is 0 Å². The van der Waals surface area contributed by atoms with Gasteiger partial charge in [-0.1, -0.05) is 0 Å². The number of carboxylic acid groups (broad SMARTS) is 1. The molecule has 2 aromatic rings. The minimum atomic E-state index is -1.07. The number of carboxylic acids is 1. The van der Waals surface area contributed by atoms with Gasteiger partial charge in [-0.25, -0.2) is 9.18 Å². The van der Waals surface area contributed by atoms with Gasteiger partial charge in [0.15, 0.2) is 11.6 Å². The molecule has 0 saturated heterocycles. The zero-order chi connectivity index (χ0) is 14.7. The van der Waals surface area contributed by atoms with Crippen molar-refractivity contribution in [2.24, 2.45) is 0 Å². The van der Waals surface area contributed by atoms with Crippen molar-refractivity contribution >= 4 is 21.9 Å². The van der Waals surface area contributed by atoms with Gasteiger partial charge in [0.05, 0.1) is 21.7 Å². The largest absolute Gasteiger partial charge is 0.478 e. The molecule has 0 radical (unpaired) electrons. The first-order valence-electron chi connectivity index (χ1n) is 5.41. The van der Waals surface area contributed by atoms with E-state index in [1.54, 1.807) is 0 Å². The van der Waals surface area contributed by atoms with Crippen molar-refractivity contribution in [3.05, 3.63) is 57.8 Å². The molecule has 0 aromatic heterocycles. The number of benzene rings is 2. The topological polar surface area (TPSA) is 70.3 Å². The molecule has 2 aromatic carbocycles. The summed E-state index contributed by atoms with van der Waals surface area (Å²) in [7, 11) is 0. The Morgan fingerprint density at radius 3 is 2.50 bits per heavy atom. The SMILES string of the molecule is N#Cc1ccc(Oc2ccc(C(=O)O)cc2Br)c(F)c1. The van der Waals surface area contributed by atoms with E-state index in [0.717, 1.165) is 6.07 Å². The van der Waals surface area contributed by atoms with Gasteiger partial charge in [-0.05, 0) is 52.3 Å². The molecule has 0 bridgehead atoms. The normalized spacial score (nSPS) is 9.85. The lowest BCUT2D eigenvalue weighted by Gasteiger charge is -2.09. The number of nitrogens with zero attached hydrogens (tertiary/aromatic N) is 1. The number of rotatable bonds is 3. The first-order valence-corrected chi connectivity index (χ1v) is 6.21. The van der Waals surface area contributed by atoms with Crippen molar-refractivity contribution < 1.29 is 19.0 Å². The van der Waals surface area contributed by atoms with Gasteiger partial charge in [0.1, 0.15) is 5.75 Å². The van der Waals surface area contributed by atoms with Crippen molar-refractivity contribution in [3.8, 4) is 17.6 Å². The van der Waals surface area contributed by atoms with E-state index in [-0.39, 0.29) is 22.6 Å². The molecule has 0 unspecified atom stereocenters. The zero-order valence-corrected chi connectivity index (χ0v) is 11.5. The molecule has 1 N–H and O–H groups in total. The molecule has 100 valence electrons. The molecule has 6 heteroatoms. The number of hydrogen-bond acceptors (Lipinski definition) is 3. The van der Waals surface area contributed by atoms with Crippen molar-refractivity contribution in [2.45, 2.75) is 0 Å². The first kappa shape index (κ1) is 14.0. The summed E-state index contributed by atoms with van der Waals surface area (Å²) >= 11 is 3.16. The third-order valence-electron chi connectivity index (χ3n) is 2.46. The monoisotopic (exact) mass is 335 g/mol. The minimum absolute atomic E-state index is 0.0484. The Morgan fingerprint density at radius 1 is 1.25 bits per heavy atom. The van der Waals surface area contributed by atoms with Crippen LogP contribution in [0, 0.1) is 17.1 Å². The highest BCUT2D eigenvalue weighted by molar-refractivity contribution is 9.10. The number of nitriles is 1. The van der Waals surface area contributed by atoms with Crippen LogP contribution in [0.15, 0.2) is 40.9 Å². The average molecular weight is 336 g/mol. The van der Waals surface area contributed by atoms with Gasteiger partial charge in [0.2, 0.25) is 0 Å². The number of aromatic carboxylic acids is 1. The fraction of sp³-hybridized carbons (Fsp3) is 0. The van der Waals surface area contributed by atoms with Gasteiger partial charge < -0.3 is 9.84 Å². The van der Waals surface area contributed by atoms with Crippen LogP contribution in [0.25, 0.3) is 0 Å². The zero-order valence-electron chi connectivity index (χ0n) is 9.93. The second-order valence-corrected chi connectivity index (χ2v) is 4.66. The van der Waals surface area contributed by atoms with Crippen molar-refractivity contribution in [2.75, 3.05) is 0 Å². The lowest BCUT2D eigenvalue weighted by molar-refractivity contribution is 0.0697. The third kappa shape index (κ3) is 2.95. The van der Waals surface area contributed by atoms with E-state index in [1.165, 1.54) is 30.3 Å². The van der Waals surface area contributed by atoms with Crippen LogP contribution in [0.4, 0.5) is 4.39 Å². The molecule has 0 aliphatic heterocycles. The molecule has 2 rings (SSSR count). The lowest BCUT2D eigenvalue weighted by atomic mass is 10.2. The summed E-state index contributed by atoms with van der Waals surface area (Å²) in [6, 6.07) is 9.78. The van der Waals surface area contributed by atoms with Gasteiger partial charge >= 0.3 is 5.97 Å². The highest BCUT2D eigenvalue weighted by Gasteiger charge is 2.11. The Kier molecular flexibility index (Phi) is 4.01. The Labute approximate surface area is 122 Å². The molecule has 0 fully saturated rings. The Bertz CT molecular complexity index is 725. The third-order valence-corrected chi connectivity index (χ3v) is 3.08. The summed E-state index contributed by atoms with van der Waals surface area (Å²) in [4.78, 5) is 10.8. The maximum absolute atomic E-state index is 13.7. The molecule has 0 aliphatic rings. The van der Waals surface area contributed by atoms with Gasteiger partial charge in [-0.2, -0.15) is 5.26 Å². The average Bonchev–Trinajstić information content (AvgIpc) is 2.42. The molecule has 0 amide bonds. The number of ether oxygens (including phenoxy) is 1. The van der Waals surface area contributed by atoms with E-state index < -0.39 is 11.8 Å². The number of hydrogen-bond donors (Lipinski definition) is 1. The summed E-state index contributed by atoms with van der Waals surface area (Å²) in [5.74, 6) is -1.51. The molecular formula is C14H7BrFNO3. The lowest BCUT2D eigenvalue weighted by Crippen LogP contribution is -1.97. The van der Waals surface area contributed by atoms with Crippen LogP contribution in [-0.4, -0.2) is 11.1 Å². The summed E-state index contributed by atoms with van der Waals surface area (Å²) in [5.41, 5.74) is 0.277. The van der Waals surface area contributed by atoms with Gasteiger partial charge in [0, 0.05) is 0 Å². The molecule has 0 spiro atoms. The molecule has 0 aliphatic carbocycles. The maximum atomic E-state index is 13.7. The Morgan fingerprint density at radius 2 is 1.95 bits per heavy atom. The van der Waals surface area contributed by atoms with Gasteiger partial charge in [0.25, 0.3) is 0 Å². The van der Waals surface area contributed by atoms with E-state index in [9.17, 15) is 9.18 Å². The highest BCUT2D eigenvalue weighted by atomic mass is 79.9. The fourth-order valence-electron chi connectivity index (χ4n) is 1.49. The van der Waals surface area contributed by atoms with Crippen molar-refractivity contribution in [3.63, 3.8) is 0 Å². The molecular weight excluding hydrogens is 329 g/mol. The first-order chi connectivity index (χ1) is 9.51. The second-order valence-electron chi connectivity index (χ2n) is 3.81. The van der Waals surface area contributed by atoms with E-state index in [2.05, 4.69) is 15.9 Å². The molecule has 20 heavy (non-hydrogen) atoms. The fourth-order valence-corrected chi connectivity index (χ4v) is 1.95. The molecule has 0 saturated carbocycles. The number of halogens is 2. The molecule has 0 atom stereocenters. The number of carbonyl (C=O) groups is 1. The quantitative estimate of drug-likeness (QED) is 0.921. The van der Waals surface area contributed by atoms with Crippen LogP contribution in [0.1, 0.15) is 15.9 Å². The van der Waals surface area contributed by atoms with Crippen LogP contribution in [0.3, 0.4) is 0 Å². The van der Waals surface area contributed by atoms with E-state index >= 15 is 0 Å². The van der Waals surface area contributed by atoms with Crippen LogP contribution in [0.2, 0.25) is 0 Å². The van der Waals surface area contributed by atoms with E-state index in [4.69, 9.17) is 15.1 Å². The standard InChI is InChI=1S/C14H7BrFNO3/c15-10-6-9(14(18)19)2-4-12(10)20-13-3-1-8(7-17)5-11(13)16/h1-6H,(H,18,19). The highest BCUT2D eigenvalue weighted by Crippen LogP contribution is 2.32. The molecule has 0 heterocycles. The summed E-state index contributed by atoms with van der Waals surface area (Å²) in [6.07, 6.45) is 0. The summed E-state index contributed by atoms with van der Waals surface area (Å²) in [5, 5.41) is 17.5. The minimum Gasteiger partial charge on any atom is -0.478 e. The van der Waals surface area contributed by atoms with Crippen molar-refractivity contribution in [1.82, 2.24) is 0 Å². The van der Waals surface area contributed by atoms with Crippen LogP contribution >= 0.6 is 15.9 Å². The Hall–Kier alpha value is -2.39. The maximum Gasteiger partial charge on any atom is 0.335 e. The van der Waals surface area contributed by atoms with Crippen LogP contribution < -0.4 is 4.74 Å². The van der Waals surface area contributed by atoms with E-state index in [0.29, 0.717) is 4.47 Å². The predicted octanol–water partition coefficient (Wildman–Crippen LogP) is 3.95. The van der Waals surface area contributed by atoms with E-state index in [1.807, 2.05) is 6.07 Å².